The maximum Gasteiger partial charge on any atom is 0.311 e. The molecule has 2 aromatic carbocycles. The number of nitrogen functional groups attached to an aromatic ring is 1. The maximum atomic E-state index is 12.5. The zero-order chi connectivity index (χ0) is 22.0. The van der Waals surface area contributed by atoms with Crippen molar-refractivity contribution in [3.8, 4) is 17.3 Å². The van der Waals surface area contributed by atoms with E-state index in [1.54, 1.807) is 28.8 Å². The number of aromatic hydroxyl groups is 1. The Kier molecular flexibility index (Phi) is 4.97. The molecule has 0 aliphatic carbocycles. The Morgan fingerprint density at radius 3 is 2.84 bits per heavy atom. The first-order valence-electron chi connectivity index (χ1n) is 8.77. The van der Waals surface area contributed by atoms with Crippen LogP contribution in [0.25, 0.3) is 22.6 Å². The Balaban J connectivity index is 1.57. The molecule has 0 aliphatic heterocycles. The number of benzene rings is 2. The molecular weight excluding hydrogens is 408 g/mol. The summed E-state index contributed by atoms with van der Waals surface area (Å²) in [6.45, 7) is -0.194. The van der Waals surface area contributed by atoms with Crippen molar-refractivity contribution < 1.29 is 19.5 Å². The molecule has 0 bridgehead atoms. The topological polar surface area (TPSA) is 188 Å². The van der Waals surface area contributed by atoms with Gasteiger partial charge < -0.3 is 15.4 Å². The van der Waals surface area contributed by atoms with Crippen molar-refractivity contribution in [1.29, 1.82) is 0 Å². The average Bonchev–Trinajstić information content (AvgIpc) is 3.32. The maximum absolute atomic E-state index is 12.5. The molecule has 0 saturated heterocycles. The molecule has 4 aromatic rings. The summed E-state index contributed by atoms with van der Waals surface area (Å²) in [5.74, 6) is -0.769. The second kappa shape index (κ2) is 7.90. The predicted octanol–water partition coefficient (Wildman–Crippen LogP) is 1.43. The highest BCUT2D eigenvalue weighted by atomic mass is 16.6. The fourth-order valence-electron chi connectivity index (χ4n) is 2.92. The van der Waals surface area contributed by atoms with Crippen molar-refractivity contribution in [1.82, 2.24) is 25.3 Å². The van der Waals surface area contributed by atoms with Crippen molar-refractivity contribution in [3.63, 3.8) is 0 Å². The number of nitrogens with zero attached hydrogens (tertiary/aromatic N) is 6. The Hall–Kier alpha value is -4.81. The third kappa shape index (κ3) is 3.74. The number of anilines is 1. The first kappa shape index (κ1) is 19.5. The lowest BCUT2D eigenvalue weighted by molar-refractivity contribution is -0.385. The fourth-order valence-corrected chi connectivity index (χ4v) is 2.92. The first-order chi connectivity index (χ1) is 15.0. The van der Waals surface area contributed by atoms with Gasteiger partial charge in [0.25, 0.3) is 5.91 Å². The molecule has 0 spiro atoms. The SMILES string of the molecule is Nc1nonc1-c1nc2ccccc2n1CC(=O)NN=Cc1cccc([N+](=O)[O-])c1O. The number of amides is 1. The van der Waals surface area contributed by atoms with Gasteiger partial charge in [0.15, 0.2) is 17.3 Å². The molecule has 4 N–H and O–H groups in total. The fraction of sp³-hybridized carbons (Fsp3) is 0.0556. The molecule has 0 unspecified atom stereocenters. The van der Waals surface area contributed by atoms with E-state index in [2.05, 4.69) is 30.5 Å². The van der Waals surface area contributed by atoms with Crippen molar-refractivity contribution in [3.05, 3.63) is 58.1 Å². The largest absolute Gasteiger partial charge is 0.502 e. The van der Waals surface area contributed by atoms with Gasteiger partial charge in [-0.3, -0.25) is 14.9 Å². The molecule has 2 heterocycles. The highest BCUT2D eigenvalue weighted by Gasteiger charge is 2.20. The summed E-state index contributed by atoms with van der Waals surface area (Å²) in [5.41, 5.74) is 9.13. The van der Waals surface area contributed by atoms with E-state index in [-0.39, 0.29) is 29.4 Å². The highest BCUT2D eigenvalue weighted by molar-refractivity contribution is 5.88. The number of nitro groups is 1. The Morgan fingerprint density at radius 1 is 1.29 bits per heavy atom. The van der Waals surface area contributed by atoms with Gasteiger partial charge in [-0.2, -0.15) is 5.10 Å². The molecule has 13 nitrogen and oxygen atoms in total. The molecule has 0 fully saturated rings. The molecule has 156 valence electrons. The molecule has 4 rings (SSSR count). The van der Waals surface area contributed by atoms with Crippen LogP contribution in [0.15, 0.2) is 52.2 Å². The minimum Gasteiger partial charge on any atom is -0.502 e. The molecule has 13 heteroatoms. The monoisotopic (exact) mass is 422 g/mol. The zero-order valence-corrected chi connectivity index (χ0v) is 15.7. The smallest absolute Gasteiger partial charge is 0.311 e. The van der Waals surface area contributed by atoms with E-state index in [1.807, 2.05) is 0 Å². The van der Waals surface area contributed by atoms with Crippen LogP contribution < -0.4 is 11.2 Å². The summed E-state index contributed by atoms with van der Waals surface area (Å²) in [6, 6.07) is 11.1. The number of hydrazone groups is 1. The van der Waals surface area contributed by atoms with Gasteiger partial charge in [0.2, 0.25) is 5.75 Å². The van der Waals surface area contributed by atoms with Gasteiger partial charge >= 0.3 is 5.69 Å². The number of nitro benzene ring substituents is 1. The highest BCUT2D eigenvalue weighted by Crippen LogP contribution is 2.28. The van der Waals surface area contributed by atoms with E-state index >= 15 is 0 Å². The normalized spacial score (nSPS) is 11.2. The van der Waals surface area contributed by atoms with Crippen LogP contribution in [-0.4, -0.2) is 42.0 Å². The van der Waals surface area contributed by atoms with Crippen LogP contribution in [0.3, 0.4) is 0 Å². The molecule has 0 atom stereocenters. The summed E-state index contributed by atoms with van der Waals surface area (Å²) in [4.78, 5) is 27.1. The van der Waals surface area contributed by atoms with Gasteiger partial charge in [-0.25, -0.2) is 15.0 Å². The average molecular weight is 422 g/mol. The van der Waals surface area contributed by atoms with Crippen LogP contribution >= 0.6 is 0 Å². The van der Waals surface area contributed by atoms with Crippen LogP contribution in [0.4, 0.5) is 11.5 Å². The lowest BCUT2D eigenvalue weighted by Crippen LogP contribution is -2.23. The zero-order valence-electron chi connectivity index (χ0n) is 15.7. The lowest BCUT2D eigenvalue weighted by atomic mass is 10.2. The van der Waals surface area contributed by atoms with Gasteiger partial charge in [0, 0.05) is 11.6 Å². The number of nitrogens with two attached hydrogens (primary N) is 1. The molecule has 1 amide bonds. The Bertz CT molecular complexity index is 1330. The Morgan fingerprint density at radius 2 is 2.10 bits per heavy atom. The number of phenolic OH excluding ortho intramolecular Hbond substituents is 1. The Labute approximate surface area is 172 Å². The van der Waals surface area contributed by atoms with Crippen molar-refractivity contribution in [2.45, 2.75) is 6.54 Å². The second-order valence-corrected chi connectivity index (χ2v) is 6.27. The van der Waals surface area contributed by atoms with E-state index in [0.29, 0.717) is 11.0 Å². The number of carbonyl (C=O) groups excluding carboxylic acids is 1. The number of rotatable bonds is 6. The summed E-state index contributed by atoms with van der Waals surface area (Å²) in [5, 5.41) is 31.9. The third-order valence-electron chi connectivity index (χ3n) is 4.32. The van der Waals surface area contributed by atoms with Gasteiger partial charge in [0.1, 0.15) is 6.54 Å². The standard InChI is InChI=1S/C18H14N8O5/c19-17-15(23-31-24-17)18-21-11-5-1-2-6-12(11)25(18)9-14(27)22-20-8-10-4-3-7-13(16(10)28)26(29)30/h1-8,28H,9H2,(H2,19,24)(H,22,27). The van der Waals surface area contributed by atoms with E-state index < -0.39 is 22.3 Å². The quantitative estimate of drug-likeness (QED) is 0.234. The number of carbonyl (C=O) groups is 1. The van der Waals surface area contributed by atoms with Crippen LogP contribution in [0.2, 0.25) is 0 Å². The number of aromatic nitrogens is 4. The van der Waals surface area contributed by atoms with E-state index in [9.17, 15) is 20.0 Å². The summed E-state index contributed by atoms with van der Waals surface area (Å²) < 4.78 is 6.20. The van der Waals surface area contributed by atoms with Gasteiger partial charge in [-0.15, -0.1) is 0 Å². The summed E-state index contributed by atoms with van der Waals surface area (Å²) >= 11 is 0. The molecule has 2 aromatic heterocycles. The number of fused-ring (bicyclic) bond motifs is 1. The van der Waals surface area contributed by atoms with E-state index in [0.717, 1.165) is 12.3 Å². The van der Waals surface area contributed by atoms with Gasteiger partial charge in [-0.1, -0.05) is 18.2 Å². The first-order valence-corrected chi connectivity index (χ1v) is 8.77. The second-order valence-electron chi connectivity index (χ2n) is 6.27. The van der Waals surface area contributed by atoms with Crippen molar-refractivity contribution in [2.75, 3.05) is 5.73 Å². The van der Waals surface area contributed by atoms with Crippen LogP contribution in [0, 0.1) is 10.1 Å². The minimum atomic E-state index is -0.721. The molecule has 0 radical (unpaired) electrons. The molecule has 31 heavy (non-hydrogen) atoms. The molecule has 0 saturated carbocycles. The van der Waals surface area contributed by atoms with Crippen LogP contribution in [-0.2, 0) is 11.3 Å². The van der Waals surface area contributed by atoms with Gasteiger partial charge in [0.05, 0.1) is 22.2 Å². The molecule has 0 aliphatic rings. The van der Waals surface area contributed by atoms with Crippen molar-refractivity contribution in [2.24, 2.45) is 5.10 Å². The third-order valence-corrected chi connectivity index (χ3v) is 4.32. The lowest BCUT2D eigenvalue weighted by Gasteiger charge is -2.06. The number of imidazole rings is 1. The summed E-state index contributed by atoms with van der Waals surface area (Å²) in [7, 11) is 0. The predicted molar refractivity (Wildman–Crippen MR) is 108 cm³/mol. The number of hydrogen-bond acceptors (Lipinski definition) is 10. The van der Waals surface area contributed by atoms with Crippen LogP contribution in [0.1, 0.15) is 5.56 Å². The van der Waals surface area contributed by atoms with Crippen LogP contribution in [0.5, 0.6) is 5.75 Å². The van der Waals surface area contributed by atoms with Crippen molar-refractivity contribution >= 4 is 34.7 Å². The number of phenols is 1. The van der Waals surface area contributed by atoms with Gasteiger partial charge in [-0.05, 0) is 28.5 Å². The van der Waals surface area contributed by atoms with E-state index in [1.165, 1.54) is 12.1 Å². The minimum absolute atomic E-state index is 0.0242. The molecular formula is C18H14N8O5. The number of para-hydroxylation sites is 3. The van der Waals surface area contributed by atoms with E-state index in [4.69, 9.17) is 5.73 Å². The number of nitrogens with one attached hydrogen (secondary N) is 1. The summed E-state index contributed by atoms with van der Waals surface area (Å²) in [6.07, 6.45) is 1.10. The number of hydrogen-bond donors (Lipinski definition) is 3.